The van der Waals surface area contributed by atoms with Crippen LogP contribution in [0.25, 0.3) is 0 Å². The lowest BCUT2D eigenvalue weighted by Crippen LogP contribution is -2.46. The van der Waals surface area contributed by atoms with E-state index in [2.05, 4.69) is 86.8 Å². The zero-order valence-electron chi connectivity index (χ0n) is 43.1. The summed E-state index contributed by atoms with van der Waals surface area (Å²) < 4.78 is 5.95. The standard InChI is InChI=1S/C59H107NO5/c1-4-7-10-13-16-19-22-25-27-28-29-30-32-34-37-40-43-46-49-52-59(64)65-55(50-47-44-41-38-35-33-31-26-23-20-17-14-11-8-5-2)53-58(63)60-56(54-61)57(62)51-48-45-42-39-36-24-21-18-15-12-9-6-3/h16-17,19-20,25-27,29-31,55-57,61-62H,4-15,18,21-24,28,32-54H2,1-3H3,(H,60,63)/b19-16-,20-17-,27-25-,30-29-,31-26-. The lowest BCUT2D eigenvalue weighted by atomic mass is 10.0. The van der Waals surface area contributed by atoms with Crippen molar-refractivity contribution in [2.45, 2.75) is 296 Å². The summed E-state index contributed by atoms with van der Waals surface area (Å²) in [6.45, 7) is 6.43. The highest BCUT2D eigenvalue weighted by Gasteiger charge is 2.24. The topological polar surface area (TPSA) is 95.9 Å². The molecular weight excluding hydrogens is 803 g/mol. The number of aliphatic hydroxyl groups excluding tert-OH is 2. The Labute approximate surface area is 403 Å². The summed E-state index contributed by atoms with van der Waals surface area (Å²) in [4.78, 5) is 26.2. The molecule has 3 unspecified atom stereocenters. The van der Waals surface area contributed by atoms with E-state index < -0.39 is 18.2 Å². The Balaban J connectivity index is 4.60. The van der Waals surface area contributed by atoms with Gasteiger partial charge >= 0.3 is 5.97 Å². The van der Waals surface area contributed by atoms with Crippen molar-refractivity contribution < 1.29 is 24.5 Å². The van der Waals surface area contributed by atoms with Gasteiger partial charge in [-0.05, 0) is 96.3 Å². The largest absolute Gasteiger partial charge is 0.462 e. The second-order valence-corrected chi connectivity index (χ2v) is 19.0. The van der Waals surface area contributed by atoms with E-state index in [1.165, 1.54) is 141 Å². The van der Waals surface area contributed by atoms with Crippen molar-refractivity contribution in [2.75, 3.05) is 6.61 Å². The lowest BCUT2D eigenvalue weighted by molar-refractivity contribution is -0.151. The monoisotopic (exact) mass is 910 g/mol. The van der Waals surface area contributed by atoms with E-state index in [1.807, 2.05) is 0 Å². The number of carbonyl (C=O) groups is 2. The fourth-order valence-electron chi connectivity index (χ4n) is 8.29. The van der Waals surface area contributed by atoms with E-state index in [-0.39, 0.29) is 24.9 Å². The summed E-state index contributed by atoms with van der Waals surface area (Å²) in [7, 11) is 0. The minimum absolute atomic E-state index is 0.0622. The number of nitrogens with one attached hydrogen (secondary N) is 1. The van der Waals surface area contributed by atoms with Gasteiger partial charge in [-0.2, -0.15) is 0 Å². The SMILES string of the molecule is CCCCC/C=C\C/C=C\C/C=C\CCCCCCCCC(=O)OC(CCCCCCC/C=C\C/C=C\CCCCC)CC(=O)NC(CO)C(O)CCCCCCCCCCCCCC. The number of aliphatic hydroxyl groups is 2. The van der Waals surface area contributed by atoms with Gasteiger partial charge in [-0.3, -0.25) is 9.59 Å². The molecule has 0 heterocycles. The van der Waals surface area contributed by atoms with Crippen LogP contribution in [0.5, 0.6) is 0 Å². The van der Waals surface area contributed by atoms with E-state index in [1.54, 1.807) is 0 Å². The highest BCUT2D eigenvalue weighted by molar-refractivity contribution is 5.77. The molecule has 0 aromatic rings. The summed E-state index contributed by atoms with van der Waals surface area (Å²) >= 11 is 0. The van der Waals surface area contributed by atoms with Crippen LogP contribution in [0.4, 0.5) is 0 Å². The van der Waals surface area contributed by atoms with E-state index in [9.17, 15) is 19.8 Å². The predicted molar refractivity (Wildman–Crippen MR) is 282 cm³/mol. The maximum absolute atomic E-state index is 13.2. The summed E-state index contributed by atoms with van der Waals surface area (Å²) in [5, 5.41) is 23.8. The molecule has 0 radical (unpaired) electrons. The minimum Gasteiger partial charge on any atom is -0.462 e. The summed E-state index contributed by atoms with van der Waals surface area (Å²) in [6.07, 6.45) is 65.6. The maximum Gasteiger partial charge on any atom is 0.306 e. The number of hydrogen-bond donors (Lipinski definition) is 3. The molecule has 3 atom stereocenters. The van der Waals surface area contributed by atoms with Crippen molar-refractivity contribution in [3.05, 3.63) is 60.8 Å². The van der Waals surface area contributed by atoms with Gasteiger partial charge in [0.2, 0.25) is 5.91 Å². The number of allylic oxidation sites excluding steroid dienone is 10. The summed E-state index contributed by atoms with van der Waals surface area (Å²) in [5.41, 5.74) is 0. The third-order valence-electron chi connectivity index (χ3n) is 12.6. The first-order chi connectivity index (χ1) is 32.0. The van der Waals surface area contributed by atoms with Gasteiger partial charge in [-0.25, -0.2) is 0 Å². The van der Waals surface area contributed by atoms with Crippen molar-refractivity contribution >= 4 is 11.9 Å². The molecule has 0 saturated carbocycles. The first-order valence-electron chi connectivity index (χ1n) is 28.0. The van der Waals surface area contributed by atoms with Crippen molar-refractivity contribution in [1.82, 2.24) is 5.32 Å². The van der Waals surface area contributed by atoms with Gasteiger partial charge in [0, 0.05) is 6.42 Å². The Morgan fingerprint density at radius 3 is 1.22 bits per heavy atom. The van der Waals surface area contributed by atoms with Gasteiger partial charge in [-0.1, -0.05) is 229 Å². The fraction of sp³-hybridized carbons (Fsp3) is 0.797. The van der Waals surface area contributed by atoms with Gasteiger partial charge < -0.3 is 20.3 Å². The third-order valence-corrected chi connectivity index (χ3v) is 12.6. The van der Waals surface area contributed by atoms with Crippen molar-refractivity contribution in [2.24, 2.45) is 0 Å². The lowest BCUT2D eigenvalue weighted by Gasteiger charge is -2.24. The second kappa shape index (κ2) is 52.5. The molecule has 0 rings (SSSR count). The van der Waals surface area contributed by atoms with Gasteiger partial charge in [0.05, 0.1) is 25.2 Å². The van der Waals surface area contributed by atoms with Crippen LogP contribution in [0.15, 0.2) is 60.8 Å². The van der Waals surface area contributed by atoms with Crippen LogP contribution in [-0.4, -0.2) is 46.9 Å². The predicted octanol–water partition coefficient (Wildman–Crippen LogP) is 17.2. The Hall–Kier alpha value is -2.44. The number of rotatable bonds is 50. The molecule has 6 heteroatoms. The van der Waals surface area contributed by atoms with Gasteiger partial charge in [-0.15, -0.1) is 0 Å². The van der Waals surface area contributed by atoms with Crippen molar-refractivity contribution in [1.29, 1.82) is 0 Å². The molecule has 0 fully saturated rings. The zero-order valence-corrected chi connectivity index (χ0v) is 43.1. The smallest absolute Gasteiger partial charge is 0.306 e. The molecule has 1 amide bonds. The Morgan fingerprint density at radius 2 is 0.785 bits per heavy atom. The van der Waals surface area contributed by atoms with Crippen molar-refractivity contribution in [3.63, 3.8) is 0 Å². The maximum atomic E-state index is 13.2. The number of unbranched alkanes of at least 4 members (excludes halogenated alkanes) is 28. The van der Waals surface area contributed by atoms with Crippen LogP contribution in [0.2, 0.25) is 0 Å². The summed E-state index contributed by atoms with van der Waals surface area (Å²) in [5.74, 6) is -0.497. The highest BCUT2D eigenvalue weighted by atomic mass is 16.5. The van der Waals surface area contributed by atoms with Gasteiger partial charge in [0.1, 0.15) is 6.10 Å². The number of hydrogen-bond acceptors (Lipinski definition) is 5. The van der Waals surface area contributed by atoms with E-state index in [0.29, 0.717) is 19.3 Å². The van der Waals surface area contributed by atoms with Crippen LogP contribution in [0.1, 0.15) is 278 Å². The van der Waals surface area contributed by atoms with Gasteiger partial charge in [0.15, 0.2) is 0 Å². The third kappa shape index (κ3) is 47.8. The average molecular weight is 911 g/mol. The van der Waals surface area contributed by atoms with Gasteiger partial charge in [0.25, 0.3) is 0 Å². The molecule has 0 aliphatic heterocycles. The molecule has 3 N–H and O–H groups in total. The number of ether oxygens (including phenoxy) is 1. The highest BCUT2D eigenvalue weighted by Crippen LogP contribution is 2.18. The normalized spacial score (nSPS) is 13.6. The molecule has 0 spiro atoms. The molecule has 6 nitrogen and oxygen atoms in total. The van der Waals surface area contributed by atoms with Crippen molar-refractivity contribution in [3.8, 4) is 0 Å². The molecule has 0 aliphatic rings. The number of amides is 1. The Morgan fingerprint density at radius 1 is 0.446 bits per heavy atom. The van der Waals surface area contributed by atoms with E-state index in [4.69, 9.17) is 4.74 Å². The molecule has 65 heavy (non-hydrogen) atoms. The van der Waals surface area contributed by atoms with E-state index in [0.717, 1.165) is 89.9 Å². The van der Waals surface area contributed by atoms with E-state index >= 15 is 0 Å². The molecule has 0 saturated heterocycles. The zero-order chi connectivity index (χ0) is 47.4. The first-order valence-corrected chi connectivity index (χ1v) is 28.0. The minimum atomic E-state index is -0.795. The number of esters is 1. The van der Waals surface area contributed by atoms with Crippen LogP contribution in [0, 0.1) is 0 Å². The average Bonchev–Trinajstić information content (AvgIpc) is 3.30. The molecular formula is C59H107NO5. The Kier molecular flexibility index (Phi) is 50.6. The first kappa shape index (κ1) is 62.6. The molecule has 0 bridgehead atoms. The molecule has 378 valence electrons. The Bertz CT molecular complexity index is 1160. The van der Waals surface area contributed by atoms with Crippen LogP contribution in [-0.2, 0) is 14.3 Å². The van der Waals surface area contributed by atoms with Crippen LogP contribution >= 0.6 is 0 Å². The van der Waals surface area contributed by atoms with Crippen LogP contribution < -0.4 is 5.32 Å². The fourth-order valence-corrected chi connectivity index (χ4v) is 8.29. The molecule has 0 aromatic heterocycles. The number of carbonyl (C=O) groups excluding carboxylic acids is 2. The second-order valence-electron chi connectivity index (χ2n) is 19.0. The molecule has 0 aliphatic carbocycles. The van der Waals surface area contributed by atoms with Crippen LogP contribution in [0.3, 0.4) is 0 Å². The quantitative estimate of drug-likeness (QED) is 0.0321. The summed E-state index contributed by atoms with van der Waals surface area (Å²) in [6, 6.07) is -0.710. The molecule has 0 aromatic carbocycles.